The van der Waals surface area contributed by atoms with Crippen molar-refractivity contribution in [3.05, 3.63) is 69.3 Å². The number of ether oxygens (including phenoxy) is 1. The predicted molar refractivity (Wildman–Crippen MR) is 114 cm³/mol. The molecule has 0 unspecified atom stereocenters. The average Bonchev–Trinajstić information content (AvgIpc) is 3.02. The molecule has 2 amide bonds. The van der Waals surface area contributed by atoms with Gasteiger partial charge in [-0.2, -0.15) is 0 Å². The molecule has 0 N–H and O–H groups in total. The number of hydrogen-bond donors (Lipinski definition) is 0. The van der Waals surface area contributed by atoms with Crippen LogP contribution in [0.25, 0.3) is 0 Å². The zero-order valence-corrected chi connectivity index (χ0v) is 17.3. The van der Waals surface area contributed by atoms with E-state index in [-0.39, 0.29) is 28.1 Å². The van der Waals surface area contributed by atoms with Crippen LogP contribution >= 0.6 is 0 Å². The number of carbonyl (C=O) groups excluding carboxylic acids is 3. The molecule has 2 aromatic carbocycles. The fourth-order valence-corrected chi connectivity index (χ4v) is 3.46. The Balaban J connectivity index is 1.65. The summed E-state index contributed by atoms with van der Waals surface area (Å²) in [4.78, 5) is 49.0. The van der Waals surface area contributed by atoms with Gasteiger partial charge in [0.05, 0.1) is 33.9 Å². The number of amides is 2. The quantitative estimate of drug-likeness (QED) is 0.176. The summed E-state index contributed by atoms with van der Waals surface area (Å²) in [5, 5.41) is 10.8. The molecule has 1 heterocycles. The molecule has 0 fully saturated rings. The highest BCUT2D eigenvalue weighted by molar-refractivity contribution is 6.34. The molecule has 0 atom stereocenters. The van der Waals surface area contributed by atoms with Crippen LogP contribution in [-0.4, -0.2) is 29.3 Å². The highest BCUT2D eigenvalue weighted by Gasteiger charge is 2.37. The Morgan fingerprint density at radius 1 is 0.935 bits per heavy atom. The number of esters is 1. The first kappa shape index (κ1) is 22.1. The van der Waals surface area contributed by atoms with Crippen LogP contribution < -0.4 is 4.90 Å². The molecule has 8 heteroatoms. The summed E-state index contributed by atoms with van der Waals surface area (Å²) < 4.78 is 5.29. The highest BCUT2D eigenvalue weighted by atomic mass is 16.6. The third-order valence-corrected chi connectivity index (χ3v) is 5.17. The molecule has 0 saturated heterocycles. The normalized spacial score (nSPS) is 12.7. The Bertz CT molecular complexity index is 1000. The molecule has 3 rings (SSSR count). The number of nitro groups is 1. The minimum atomic E-state index is -0.584. The van der Waals surface area contributed by atoms with Crippen LogP contribution in [0, 0.1) is 10.1 Å². The maximum absolute atomic E-state index is 12.8. The van der Waals surface area contributed by atoms with Gasteiger partial charge in [0.15, 0.2) is 0 Å². The van der Waals surface area contributed by atoms with Crippen molar-refractivity contribution in [2.24, 2.45) is 0 Å². The van der Waals surface area contributed by atoms with E-state index in [1.807, 2.05) is 0 Å². The van der Waals surface area contributed by atoms with Gasteiger partial charge in [-0.25, -0.2) is 9.69 Å². The van der Waals surface area contributed by atoms with Gasteiger partial charge in [0.1, 0.15) is 0 Å². The number of unbranched alkanes of at least 4 members (excludes halogenated alkanes) is 5. The number of imide groups is 1. The maximum Gasteiger partial charge on any atom is 0.338 e. The van der Waals surface area contributed by atoms with Crippen molar-refractivity contribution in [3.63, 3.8) is 0 Å². The molecule has 0 saturated carbocycles. The summed E-state index contributed by atoms with van der Waals surface area (Å²) in [6, 6.07) is 9.40. The van der Waals surface area contributed by atoms with E-state index < -0.39 is 22.7 Å². The molecule has 8 nitrogen and oxygen atoms in total. The second kappa shape index (κ2) is 9.97. The molecular weight excluding hydrogens is 400 g/mol. The summed E-state index contributed by atoms with van der Waals surface area (Å²) in [6.45, 7) is 2.46. The van der Waals surface area contributed by atoms with Gasteiger partial charge in [0.25, 0.3) is 17.5 Å². The standard InChI is InChI=1S/C23H24N2O6/c1-2-3-4-5-6-7-14-31-23(28)16-8-13-19-20(15-16)22(27)24(21(19)26)17-9-11-18(12-10-17)25(29)30/h8-13,15H,2-7,14H2,1H3. The number of rotatable bonds is 10. The van der Waals surface area contributed by atoms with Gasteiger partial charge >= 0.3 is 5.97 Å². The molecule has 0 aromatic heterocycles. The number of nitro benzene ring substituents is 1. The van der Waals surface area contributed by atoms with Crippen molar-refractivity contribution in [1.82, 2.24) is 0 Å². The SMILES string of the molecule is CCCCCCCCOC(=O)c1ccc2c(c1)C(=O)N(c1ccc([N+](=O)[O-])cc1)C2=O. The minimum absolute atomic E-state index is 0.109. The van der Waals surface area contributed by atoms with Gasteiger partial charge < -0.3 is 4.74 Å². The second-order valence-corrected chi connectivity index (χ2v) is 7.38. The Kier molecular flexibility index (Phi) is 7.12. The zero-order valence-electron chi connectivity index (χ0n) is 17.3. The first-order valence-electron chi connectivity index (χ1n) is 10.4. The predicted octanol–water partition coefficient (Wildman–Crippen LogP) is 4.91. The van der Waals surface area contributed by atoms with Crippen molar-refractivity contribution >= 4 is 29.2 Å². The van der Waals surface area contributed by atoms with Gasteiger partial charge in [0.2, 0.25) is 0 Å². The number of anilines is 1. The Hall–Kier alpha value is -3.55. The summed E-state index contributed by atoms with van der Waals surface area (Å²) in [7, 11) is 0. The van der Waals surface area contributed by atoms with Crippen LogP contribution in [0.4, 0.5) is 11.4 Å². The minimum Gasteiger partial charge on any atom is -0.462 e. The van der Waals surface area contributed by atoms with E-state index in [4.69, 9.17) is 4.74 Å². The number of carbonyl (C=O) groups is 3. The van der Waals surface area contributed by atoms with Gasteiger partial charge in [-0.3, -0.25) is 19.7 Å². The molecule has 1 aliphatic heterocycles. The topological polar surface area (TPSA) is 107 Å². The summed E-state index contributed by atoms with van der Waals surface area (Å²) in [5.74, 6) is -1.66. The molecule has 0 bridgehead atoms. The van der Waals surface area contributed by atoms with Crippen LogP contribution in [-0.2, 0) is 4.74 Å². The smallest absolute Gasteiger partial charge is 0.338 e. The zero-order chi connectivity index (χ0) is 22.4. The molecule has 31 heavy (non-hydrogen) atoms. The first-order valence-corrected chi connectivity index (χ1v) is 10.4. The van der Waals surface area contributed by atoms with E-state index in [2.05, 4.69) is 6.92 Å². The molecule has 2 aromatic rings. The Morgan fingerprint density at radius 2 is 1.58 bits per heavy atom. The third-order valence-electron chi connectivity index (χ3n) is 5.17. The van der Waals surface area contributed by atoms with Crippen molar-refractivity contribution < 1.29 is 24.0 Å². The van der Waals surface area contributed by atoms with E-state index in [1.165, 1.54) is 61.7 Å². The number of hydrogen-bond acceptors (Lipinski definition) is 6. The number of nitrogens with zero attached hydrogens (tertiary/aromatic N) is 2. The first-order chi connectivity index (χ1) is 14.9. The lowest BCUT2D eigenvalue weighted by Gasteiger charge is -2.13. The van der Waals surface area contributed by atoms with Crippen LogP contribution in [0.15, 0.2) is 42.5 Å². The number of non-ortho nitro benzene ring substituents is 1. The average molecular weight is 424 g/mol. The second-order valence-electron chi connectivity index (χ2n) is 7.38. The lowest BCUT2D eigenvalue weighted by atomic mass is 10.1. The molecule has 0 radical (unpaired) electrons. The highest BCUT2D eigenvalue weighted by Crippen LogP contribution is 2.30. The summed E-state index contributed by atoms with van der Waals surface area (Å²) in [6.07, 6.45) is 6.45. The number of benzene rings is 2. The summed E-state index contributed by atoms with van der Waals surface area (Å²) >= 11 is 0. The molecule has 162 valence electrons. The van der Waals surface area contributed by atoms with Crippen LogP contribution in [0.2, 0.25) is 0 Å². The largest absolute Gasteiger partial charge is 0.462 e. The fraction of sp³-hybridized carbons (Fsp3) is 0.348. The van der Waals surface area contributed by atoms with Crippen molar-refractivity contribution in [1.29, 1.82) is 0 Å². The summed E-state index contributed by atoms with van der Waals surface area (Å²) in [5.41, 5.74) is 0.574. The lowest BCUT2D eigenvalue weighted by Crippen LogP contribution is -2.29. The van der Waals surface area contributed by atoms with E-state index in [0.717, 1.165) is 24.2 Å². The van der Waals surface area contributed by atoms with Crippen LogP contribution in [0.1, 0.15) is 76.5 Å². The van der Waals surface area contributed by atoms with Gasteiger partial charge in [-0.05, 0) is 36.8 Å². The van der Waals surface area contributed by atoms with Gasteiger partial charge in [-0.15, -0.1) is 0 Å². The van der Waals surface area contributed by atoms with Gasteiger partial charge in [0, 0.05) is 12.1 Å². The van der Waals surface area contributed by atoms with Gasteiger partial charge in [-0.1, -0.05) is 39.0 Å². The maximum atomic E-state index is 12.8. The van der Waals surface area contributed by atoms with Crippen LogP contribution in [0.5, 0.6) is 0 Å². The monoisotopic (exact) mass is 424 g/mol. The lowest BCUT2D eigenvalue weighted by molar-refractivity contribution is -0.384. The Morgan fingerprint density at radius 3 is 2.26 bits per heavy atom. The van der Waals surface area contributed by atoms with E-state index in [0.29, 0.717) is 6.61 Å². The van der Waals surface area contributed by atoms with Crippen molar-refractivity contribution in [2.75, 3.05) is 11.5 Å². The number of fused-ring (bicyclic) bond motifs is 1. The molecular formula is C23H24N2O6. The van der Waals surface area contributed by atoms with Crippen LogP contribution in [0.3, 0.4) is 0 Å². The van der Waals surface area contributed by atoms with Crippen molar-refractivity contribution in [3.8, 4) is 0 Å². The fourth-order valence-electron chi connectivity index (χ4n) is 3.46. The molecule has 0 aliphatic carbocycles. The van der Waals surface area contributed by atoms with E-state index >= 15 is 0 Å². The van der Waals surface area contributed by atoms with E-state index in [1.54, 1.807) is 0 Å². The van der Waals surface area contributed by atoms with E-state index in [9.17, 15) is 24.5 Å². The van der Waals surface area contributed by atoms with Crippen molar-refractivity contribution in [2.45, 2.75) is 45.4 Å². The third kappa shape index (κ3) is 4.96. The molecule has 1 aliphatic rings. The molecule has 0 spiro atoms. The Labute approximate surface area is 180 Å².